The molecule has 0 atom stereocenters. The minimum Gasteiger partial charge on any atom is -0.382 e. The molecular formula is C15H18N2O4. The first-order chi connectivity index (χ1) is 10.3. The van der Waals surface area contributed by atoms with Crippen LogP contribution >= 0.6 is 0 Å². The molecule has 0 bridgehead atoms. The Balaban J connectivity index is 1.79. The third kappa shape index (κ3) is 5.09. The summed E-state index contributed by atoms with van der Waals surface area (Å²) in [4.78, 5) is 16.2. The van der Waals surface area contributed by atoms with Crippen molar-refractivity contribution in [1.82, 2.24) is 10.1 Å². The Morgan fingerprint density at radius 1 is 1.19 bits per heavy atom. The average molecular weight is 290 g/mol. The van der Waals surface area contributed by atoms with E-state index < -0.39 is 0 Å². The second-order valence-corrected chi connectivity index (χ2v) is 4.43. The lowest BCUT2D eigenvalue weighted by molar-refractivity contribution is 0.0714. The molecule has 0 saturated carbocycles. The molecule has 1 aromatic heterocycles. The van der Waals surface area contributed by atoms with Gasteiger partial charge in [0.05, 0.1) is 26.2 Å². The van der Waals surface area contributed by atoms with E-state index in [0.29, 0.717) is 43.5 Å². The molecule has 0 amide bonds. The lowest BCUT2D eigenvalue weighted by atomic mass is 10.1. The van der Waals surface area contributed by atoms with Gasteiger partial charge in [0.2, 0.25) is 5.89 Å². The molecule has 112 valence electrons. The molecule has 1 aromatic carbocycles. The largest absolute Gasteiger partial charge is 0.382 e. The molecule has 6 heteroatoms. The minimum absolute atomic E-state index is 0.0397. The summed E-state index contributed by atoms with van der Waals surface area (Å²) in [6.07, 6.45) is 0.661. The second-order valence-electron chi connectivity index (χ2n) is 4.43. The first kappa shape index (κ1) is 15.3. The van der Waals surface area contributed by atoms with Crippen molar-refractivity contribution in [2.24, 2.45) is 0 Å². The van der Waals surface area contributed by atoms with Crippen molar-refractivity contribution in [2.75, 3.05) is 26.9 Å². The van der Waals surface area contributed by atoms with Crippen molar-refractivity contribution >= 4 is 5.78 Å². The summed E-state index contributed by atoms with van der Waals surface area (Å²) in [5.74, 6) is 0.834. The van der Waals surface area contributed by atoms with Gasteiger partial charge in [0, 0.05) is 19.1 Å². The fourth-order valence-electron chi connectivity index (χ4n) is 1.73. The zero-order valence-electron chi connectivity index (χ0n) is 11.9. The van der Waals surface area contributed by atoms with Gasteiger partial charge in [-0.25, -0.2) is 0 Å². The number of hydrogen-bond acceptors (Lipinski definition) is 6. The van der Waals surface area contributed by atoms with Gasteiger partial charge in [-0.15, -0.1) is 0 Å². The highest BCUT2D eigenvalue weighted by molar-refractivity contribution is 5.96. The van der Waals surface area contributed by atoms with Gasteiger partial charge in [-0.05, 0) is 0 Å². The Morgan fingerprint density at radius 3 is 2.76 bits per heavy atom. The number of methoxy groups -OCH3 is 1. The number of carbonyl (C=O) groups excluding carboxylic acids is 1. The number of aromatic nitrogens is 2. The molecule has 2 rings (SSSR count). The predicted molar refractivity (Wildman–Crippen MR) is 75.2 cm³/mol. The Labute approximate surface area is 123 Å². The van der Waals surface area contributed by atoms with Crippen molar-refractivity contribution in [3.05, 3.63) is 47.6 Å². The molecule has 21 heavy (non-hydrogen) atoms. The molecule has 0 fully saturated rings. The monoisotopic (exact) mass is 290 g/mol. The van der Waals surface area contributed by atoms with E-state index in [1.807, 2.05) is 18.2 Å². The highest BCUT2D eigenvalue weighted by atomic mass is 16.5. The summed E-state index contributed by atoms with van der Waals surface area (Å²) < 4.78 is 15.3. The van der Waals surface area contributed by atoms with Crippen molar-refractivity contribution < 1.29 is 18.8 Å². The topological polar surface area (TPSA) is 74.5 Å². The van der Waals surface area contributed by atoms with Crippen LogP contribution in [0.25, 0.3) is 0 Å². The normalized spacial score (nSPS) is 10.7. The number of carbonyl (C=O) groups is 1. The summed E-state index contributed by atoms with van der Waals surface area (Å²) >= 11 is 0. The maximum atomic E-state index is 12.0. The highest BCUT2D eigenvalue weighted by Gasteiger charge is 2.12. The van der Waals surface area contributed by atoms with Gasteiger partial charge >= 0.3 is 0 Å². The number of benzene rings is 1. The SMILES string of the molecule is COCCOCCc1noc(CC(=O)c2ccccc2)n1. The van der Waals surface area contributed by atoms with E-state index >= 15 is 0 Å². The average Bonchev–Trinajstić information content (AvgIpc) is 2.95. The van der Waals surface area contributed by atoms with Crippen molar-refractivity contribution in [3.63, 3.8) is 0 Å². The van der Waals surface area contributed by atoms with Crippen molar-refractivity contribution in [1.29, 1.82) is 0 Å². The van der Waals surface area contributed by atoms with Gasteiger partial charge in [0.1, 0.15) is 0 Å². The number of hydrogen-bond donors (Lipinski definition) is 0. The first-order valence-electron chi connectivity index (χ1n) is 6.76. The van der Waals surface area contributed by atoms with Crippen LogP contribution in [0.3, 0.4) is 0 Å². The van der Waals surface area contributed by atoms with Gasteiger partial charge in [-0.2, -0.15) is 4.98 Å². The molecule has 0 saturated heterocycles. The van der Waals surface area contributed by atoms with Gasteiger partial charge in [-0.3, -0.25) is 4.79 Å². The number of ketones is 1. The maximum Gasteiger partial charge on any atom is 0.234 e. The smallest absolute Gasteiger partial charge is 0.234 e. The Kier molecular flexibility index (Phi) is 6.05. The van der Waals surface area contributed by atoms with Gasteiger partial charge in [0.25, 0.3) is 0 Å². The van der Waals surface area contributed by atoms with Crippen molar-refractivity contribution in [3.8, 4) is 0 Å². The number of nitrogens with zero attached hydrogens (tertiary/aromatic N) is 2. The highest BCUT2D eigenvalue weighted by Crippen LogP contribution is 2.06. The van der Waals surface area contributed by atoms with Gasteiger partial charge in [0.15, 0.2) is 11.6 Å². The lowest BCUT2D eigenvalue weighted by Crippen LogP contribution is -2.06. The summed E-state index contributed by atoms with van der Waals surface area (Å²) in [5, 5.41) is 3.83. The fraction of sp³-hybridized carbons (Fsp3) is 0.400. The van der Waals surface area contributed by atoms with Crippen LogP contribution in [0.5, 0.6) is 0 Å². The van der Waals surface area contributed by atoms with Gasteiger partial charge in [-0.1, -0.05) is 35.5 Å². The standard InChI is InChI=1S/C15H18N2O4/c1-19-9-10-20-8-7-14-16-15(21-17-14)11-13(18)12-5-3-2-4-6-12/h2-6H,7-11H2,1H3. The van der Waals surface area contributed by atoms with E-state index in [1.165, 1.54) is 0 Å². The first-order valence-corrected chi connectivity index (χ1v) is 6.76. The Morgan fingerprint density at radius 2 is 2.00 bits per heavy atom. The molecule has 6 nitrogen and oxygen atoms in total. The van der Waals surface area contributed by atoms with Crippen LogP contribution in [0.1, 0.15) is 22.1 Å². The van der Waals surface area contributed by atoms with E-state index in [4.69, 9.17) is 14.0 Å². The van der Waals surface area contributed by atoms with E-state index in [9.17, 15) is 4.79 Å². The van der Waals surface area contributed by atoms with Crippen LogP contribution in [0, 0.1) is 0 Å². The fourth-order valence-corrected chi connectivity index (χ4v) is 1.73. The van der Waals surface area contributed by atoms with Crippen LogP contribution in [0.2, 0.25) is 0 Å². The molecule has 0 spiro atoms. The molecule has 0 radical (unpaired) electrons. The lowest BCUT2D eigenvalue weighted by Gasteiger charge is -2.00. The van der Waals surface area contributed by atoms with Crippen LogP contribution in [-0.2, 0) is 22.3 Å². The van der Waals surface area contributed by atoms with E-state index in [0.717, 1.165) is 0 Å². The maximum absolute atomic E-state index is 12.0. The molecule has 0 aliphatic carbocycles. The molecule has 0 aliphatic heterocycles. The zero-order valence-corrected chi connectivity index (χ0v) is 11.9. The molecule has 0 unspecified atom stereocenters. The Bertz CT molecular complexity index is 554. The van der Waals surface area contributed by atoms with E-state index in [1.54, 1.807) is 19.2 Å². The Hall–Kier alpha value is -2.05. The summed E-state index contributed by atoms with van der Waals surface area (Å²) in [6.45, 7) is 1.59. The van der Waals surface area contributed by atoms with Crippen LogP contribution in [0.4, 0.5) is 0 Å². The third-order valence-corrected chi connectivity index (χ3v) is 2.82. The molecule has 0 aliphatic rings. The number of rotatable bonds is 9. The van der Waals surface area contributed by atoms with Crippen LogP contribution in [-0.4, -0.2) is 42.9 Å². The second kappa shape index (κ2) is 8.28. The zero-order chi connectivity index (χ0) is 14.9. The van der Waals surface area contributed by atoms with Crippen LogP contribution < -0.4 is 0 Å². The minimum atomic E-state index is -0.0397. The summed E-state index contributed by atoms with van der Waals surface area (Å²) in [5.41, 5.74) is 0.639. The number of Topliss-reactive ketones (excluding diaryl/α,β-unsaturated/α-hetero) is 1. The summed E-state index contributed by atoms with van der Waals surface area (Å²) in [7, 11) is 1.62. The summed E-state index contributed by atoms with van der Waals surface area (Å²) in [6, 6.07) is 9.05. The predicted octanol–water partition coefficient (Wildman–Crippen LogP) is 1.70. The molecule has 1 heterocycles. The molecular weight excluding hydrogens is 272 g/mol. The van der Waals surface area contributed by atoms with Crippen molar-refractivity contribution in [2.45, 2.75) is 12.8 Å². The van der Waals surface area contributed by atoms with E-state index in [2.05, 4.69) is 10.1 Å². The molecule has 2 aromatic rings. The van der Waals surface area contributed by atoms with Crippen LogP contribution in [0.15, 0.2) is 34.9 Å². The molecule has 0 N–H and O–H groups in total. The van der Waals surface area contributed by atoms with E-state index in [-0.39, 0.29) is 12.2 Å². The van der Waals surface area contributed by atoms with Gasteiger partial charge < -0.3 is 14.0 Å². The quantitative estimate of drug-likeness (QED) is 0.517. The third-order valence-electron chi connectivity index (χ3n) is 2.82. The number of ether oxygens (including phenoxy) is 2.